The van der Waals surface area contributed by atoms with Crippen molar-refractivity contribution in [3.05, 3.63) is 0 Å². The molecule has 0 saturated carbocycles. The van der Waals surface area contributed by atoms with Crippen LogP contribution in [0.15, 0.2) is 0 Å². The first kappa shape index (κ1) is 13.4. The molecular weight excluding hydrogens is 202 g/mol. The van der Waals surface area contributed by atoms with Crippen LogP contribution in [0.4, 0.5) is 0 Å². The number of ether oxygens (including phenoxy) is 1. The minimum absolute atomic E-state index is 0.0318. The number of morpholine rings is 1. The van der Waals surface area contributed by atoms with Crippen LogP contribution in [0, 0.1) is 11.3 Å². The first-order chi connectivity index (χ1) is 7.71. The molecule has 92 valence electrons. The number of nitrogens with one attached hydrogen (secondary N) is 1. The van der Waals surface area contributed by atoms with Crippen LogP contribution in [0.5, 0.6) is 0 Å². The molecule has 1 rings (SSSR count). The third-order valence-corrected chi connectivity index (χ3v) is 3.26. The highest BCUT2D eigenvalue weighted by atomic mass is 16.5. The van der Waals surface area contributed by atoms with E-state index in [1.54, 1.807) is 0 Å². The van der Waals surface area contributed by atoms with Gasteiger partial charge in [0.05, 0.1) is 24.8 Å². The third kappa shape index (κ3) is 3.75. The van der Waals surface area contributed by atoms with Crippen LogP contribution in [0.1, 0.15) is 26.7 Å². The molecule has 3 atom stereocenters. The zero-order valence-corrected chi connectivity index (χ0v) is 10.6. The van der Waals surface area contributed by atoms with E-state index in [0.29, 0.717) is 12.1 Å². The Morgan fingerprint density at radius 2 is 2.38 bits per heavy atom. The maximum Gasteiger partial charge on any atom is 0.0962 e. The van der Waals surface area contributed by atoms with Crippen molar-refractivity contribution in [1.29, 1.82) is 5.26 Å². The first-order valence-corrected chi connectivity index (χ1v) is 6.13. The highest BCUT2D eigenvalue weighted by Gasteiger charge is 2.25. The van der Waals surface area contributed by atoms with Crippen molar-refractivity contribution in [3.63, 3.8) is 0 Å². The molecular formula is C12H23N3O. The molecule has 1 aliphatic heterocycles. The molecule has 1 aliphatic rings. The van der Waals surface area contributed by atoms with E-state index in [1.807, 2.05) is 7.05 Å². The molecule has 0 amide bonds. The summed E-state index contributed by atoms with van der Waals surface area (Å²) in [7, 11) is 1.84. The maximum absolute atomic E-state index is 8.87. The van der Waals surface area contributed by atoms with Gasteiger partial charge in [-0.15, -0.1) is 0 Å². The second-order valence-electron chi connectivity index (χ2n) is 4.46. The first-order valence-electron chi connectivity index (χ1n) is 6.13. The minimum Gasteiger partial charge on any atom is -0.376 e. The SMILES string of the molecule is CCC1COC(C)CN1CCC(C#N)NC. The Morgan fingerprint density at radius 1 is 1.62 bits per heavy atom. The average Bonchev–Trinajstić information content (AvgIpc) is 2.30. The minimum atomic E-state index is -0.0318. The quantitative estimate of drug-likeness (QED) is 0.758. The molecule has 0 radical (unpaired) electrons. The van der Waals surface area contributed by atoms with Gasteiger partial charge in [-0.3, -0.25) is 4.90 Å². The molecule has 16 heavy (non-hydrogen) atoms. The number of nitrogens with zero attached hydrogens (tertiary/aromatic N) is 2. The van der Waals surface area contributed by atoms with E-state index in [-0.39, 0.29) is 6.04 Å². The Balaban J connectivity index is 2.40. The van der Waals surface area contributed by atoms with E-state index in [4.69, 9.17) is 10.00 Å². The van der Waals surface area contributed by atoms with E-state index >= 15 is 0 Å². The van der Waals surface area contributed by atoms with E-state index < -0.39 is 0 Å². The molecule has 1 heterocycles. The van der Waals surface area contributed by atoms with Crippen molar-refractivity contribution in [2.45, 2.75) is 44.9 Å². The Hall–Kier alpha value is -0.630. The molecule has 3 unspecified atom stereocenters. The summed E-state index contributed by atoms with van der Waals surface area (Å²) in [5, 5.41) is 11.9. The molecule has 0 aromatic heterocycles. The van der Waals surface area contributed by atoms with Crippen LogP contribution in [0.3, 0.4) is 0 Å². The lowest BCUT2D eigenvalue weighted by Gasteiger charge is -2.38. The Bertz CT molecular complexity index is 239. The van der Waals surface area contributed by atoms with E-state index in [0.717, 1.165) is 32.5 Å². The summed E-state index contributed by atoms with van der Waals surface area (Å²) in [6.07, 6.45) is 2.32. The van der Waals surface area contributed by atoms with E-state index in [2.05, 4.69) is 30.1 Å². The summed E-state index contributed by atoms with van der Waals surface area (Å²) in [5.41, 5.74) is 0. The number of nitriles is 1. The van der Waals surface area contributed by atoms with Crippen LogP contribution < -0.4 is 5.32 Å². The second-order valence-corrected chi connectivity index (χ2v) is 4.46. The van der Waals surface area contributed by atoms with Crippen molar-refractivity contribution < 1.29 is 4.74 Å². The molecule has 0 aliphatic carbocycles. The highest BCUT2D eigenvalue weighted by Crippen LogP contribution is 2.14. The summed E-state index contributed by atoms with van der Waals surface area (Å²) >= 11 is 0. The van der Waals surface area contributed by atoms with Gasteiger partial charge in [0, 0.05) is 19.1 Å². The Kier molecular flexibility index (Phi) is 5.75. The zero-order valence-electron chi connectivity index (χ0n) is 10.6. The normalized spacial score (nSPS) is 28.6. The molecule has 0 bridgehead atoms. The summed E-state index contributed by atoms with van der Waals surface area (Å²) in [6.45, 7) is 7.09. The largest absolute Gasteiger partial charge is 0.376 e. The molecule has 1 saturated heterocycles. The van der Waals surface area contributed by atoms with Gasteiger partial charge in [0.2, 0.25) is 0 Å². The lowest BCUT2D eigenvalue weighted by atomic mass is 10.1. The average molecular weight is 225 g/mol. The number of rotatable bonds is 5. The van der Waals surface area contributed by atoms with E-state index in [1.165, 1.54) is 0 Å². The topological polar surface area (TPSA) is 48.3 Å². The molecule has 4 heteroatoms. The van der Waals surface area contributed by atoms with Gasteiger partial charge in [0.1, 0.15) is 0 Å². The lowest BCUT2D eigenvalue weighted by Crippen LogP contribution is -2.49. The van der Waals surface area contributed by atoms with Crippen LogP contribution in [-0.4, -0.2) is 49.8 Å². The lowest BCUT2D eigenvalue weighted by molar-refractivity contribution is -0.0562. The van der Waals surface area contributed by atoms with Crippen molar-refractivity contribution in [2.24, 2.45) is 0 Å². The van der Waals surface area contributed by atoms with Gasteiger partial charge < -0.3 is 10.1 Å². The van der Waals surface area contributed by atoms with Crippen LogP contribution in [0.2, 0.25) is 0 Å². The van der Waals surface area contributed by atoms with Crippen molar-refractivity contribution in [3.8, 4) is 6.07 Å². The Labute approximate surface area is 98.6 Å². The smallest absolute Gasteiger partial charge is 0.0962 e. The summed E-state index contributed by atoms with van der Waals surface area (Å²) in [6, 6.07) is 2.76. The van der Waals surface area contributed by atoms with Crippen LogP contribution in [-0.2, 0) is 4.74 Å². The fourth-order valence-corrected chi connectivity index (χ4v) is 2.13. The number of hydrogen-bond donors (Lipinski definition) is 1. The van der Waals surface area contributed by atoms with Crippen molar-refractivity contribution in [1.82, 2.24) is 10.2 Å². The third-order valence-electron chi connectivity index (χ3n) is 3.26. The number of hydrogen-bond acceptors (Lipinski definition) is 4. The second kappa shape index (κ2) is 6.85. The molecule has 1 N–H and O–H groups in total. The molecule has 0 aromatic carbocycles. The Morgan fingerprint density at radius 3 is 2.94 bits per heavy atom. The van der Waals surface area contributed by atoms with Gasteiger partial charge in [-0.1, -0.05) is 6.92 Å². The fourth-order valence-electron chi connectivity index (χ4n) is 2.13. The predicted octanol–water partition coefficient (Wildman–Crippen LogP) is 0.987. The summed E-state index contributed by atoms with van der Waals surface area (Å²) in [4.78, 5) is 2.45. The molecule has 1 fully saturated rings. The van der Waals surface area contributed by atoms with Gasteiger partial charge in [-0.2, -0.15) is 5.26 Å². The van der Waals surface area contributed by atoms with Crippen molar-refractivity contribution in [2.75, 3.05) is 26.7 Å². The molecule has 0 aromatic rings. The fraction of sp³-hybridized carbons (Fsp3) is 0.917. The van der Waals surface area contributed by atoms with Gasteiger partial charge >= 0.3 is 0 Å². The van der Waals surface area contributed by atoms with Crippen molar-refractivity contribution >= 4 is 0 Å². The predicted molar refractivity (Wildman–Crippen MR) is 64.1 cm³/mol. The van der Waals surface area contributed by atoms with Crippen LogP contribution >= 0.6 is 0 Å². The summed E-state index contributed by atoms with van der Waals surface area (Å²) < 4.78 is 5.65. The zero-order chi connectivity index (χ0) is 12.0. The standard InChI is InChI=1S/C12H23N3O/c1-4-12-9-16-10(2)8-15(12)6-5-11(7-13)14-3/h10-12,14H,4-6,8-9H2,1-3H3. The van der Waals surface area contributed by atoms with Gasteiger partial charge in [0.25, 0.3) is 0 Å². The van der Waals surface area contributed by atoms with E-state index in [9.17, 15) is 0 Å². The molecule has 4 nitrogen and oxygen atoms in total. The highest BCUT2D eigenvalue weighted by molar-refractivity contribution is 4.90. The maximum atomic E-state index is 8.87. The van der Waals surface area contributed by atoms with Crippen LogP contribution in [0.25, 0.3) is 0 Å². The monoisotopic (exact) mass is 225 g/mol. The van der Waals surface area contributed by atoms with Gasteiger partial charge in [0.15, 0.2) is 0 Å². The molecule has 0 spiro atoms. The summed E-state index contributed by atoms with van der Waals surface area (Å²) in [5.74, 6) is 0. The van der Waals surface area contributed by atoms with Gasteiger partial charge in [-0.05, 0) is 26.8 Å². The van der Waals surface area contributed by atoms with Gasteiger partial charge in [-0.25, -0.2) is 0 Å².